The van der Waals surface area contributed by atoms with Gasteiger partial charge in [-0.15, -0.1) is 0 Å². The van der Waals surface area contributed by atoms with Gasteiger partial charge < -0.3 is 11.1 Å². The zero-order valence-electron chi connectivity index (χ0n) is 10.8. The SMILES string of the molecule is N#Cc1ccc(Cl)cc1NC(=O)CCCCCCN. The molecule has 0 saturated heterocycles. The molecule has 0 fully saturated rings. The van der Waals surface area contributed by atoms with E-state index in [1.165, 1.54) is 0 Å². The van der Waals surface area contributed by atoms with Gasteiger partial charge in [-0.05, 0) is 37.6 Å². The number of halogens is 1. The third-order valence-corrected chi connectivity index (χ3v) is 2.97. The number of rotatable bonds is 7. The van der Waals surface area contributed by atoms with Crippen molar-refractivity contribution in [1.29, 1.82) is 5.26 Å². The number of unbranched alkanes of at least 4 members (excludes halogenated alkanes) is 3. The highest BCUT2D eigenvalue weighted by Crippen LogP contribution is 2.20. The minimum absolute atomic E-state index is 0.0912. The fourth-order valence-electron chi connectivity index (χ4n) is 1.71. The fourth-order valence-corrected chi connectivity index (χ4v) is 1.89. The first-order chi connectivity index (χ1) is 9.17. The Kier molecular flexibility index (Phi) is 6.94. The van der Waals surface area contributed by atoms with Crippen LogP contribution in [0.1, 0.15) is 37.7 Å². The summed E-state index contributed by atoms with van der Waals surface area (Å²) in [5, 5.41) is 12.2. The fraction of sp³-hybridized carbons (Fsp3) is 0.429. The van der Waals surface area contributed by atoms with E-state index in [1.807, 2.05) is 6.07 Å². The van der Waals surface area contributed by atoms with E-state index < -0.39 is 0 Å². The van der Waals surface area contributed by atoms with Crippen LogP contribution in [-0.4, -0.2) is 12.5 Å². The van der Waals surface area contributed by atoms with Gasteiger partial charge in [0, 0.05) is 11.4 Å². The molecule has 0 aliphatic rings. The number of nitriles is 1. The van der Waals surface area contributed by atoms with Gasteiger partial charge in [-0.25, -0.2) is 0 Å². The molecule has 0 atom stereocenters. The summed E-state index contributed by atoms with van der Waals surface area (Å²) in [5.41, 5.74) is 6.29. The molecule has 102 valence electrons. The Morgan fingerprint density at radius 1 is 1.32 bits per heavy atom. The maximum Gasteiger partial charge on any atom is 0.224 e. The summed E-state index contributed by atoms with van der Waals surface area (Å²) in [6.45, 7) is 0.695. The summed E-state index contributed by atoms with van der Waals surface area (Å²) in [6, 6.07) is 6.84. The minimum atomic E-state index is -0.0912. The summed E-state index contributed by atoms with van der Waals surface area (Å²) in [7, 11) is 0. The lowest BCUT2D eigenvalue weighted by molar-refractivity contribution is -0.116. The lowest BCUT2D eigenvalue weighted by Crippen LogP contribution is -2.12. The number of carbonyl (C=O) groups excluding carboxylic acids is 1. The monoisotopic (exact) mass is 279 g/mol. The van der Waals surface area contributed by atoms with Crippen molar-refractivity contribution in [3.8, 4) is 6.07 Å². The number of nitrogens with zero attached hydrogens (tertiary/aromatic N) is 1. The molecule has 0 radical (unpaired) electrons. The number of amides is 1. The molecule has 3 N–H and O–H groups in total. The van der Waals surface area contributed by atoms with E-state index in [2.05, 4.69) is 5.32 Å². The number of hydrogen-bond donors (Lipinski definition) is 2. The maximum absolute atomic E-state index is 11.7. The van der Waals surface area contributed by atoms with Gasteiger partial charge in [-0.1, -0.05) is 24.4 Å². The maximum atomic E-state index is 11.7. The lowest BCUT2D eigenvalue weighted by atomic mass is 10.1. The molecule has 1 aromatic carbocycles. The summed E-state index contributed by atoms with van der Waals surface area (Å²) in [6.07, 6.45) is 4.31. The molecule has 1 rings (SSSR count). The van der Waals surface area contributed by atoms with Gasteiger partial charge in [-0.2, -0.15) is 5.26 Å². The van der Waals surface area contributed by atoms with Crippen molar-refractivity contribution in [2.45, 2.75) is 32.1 Å². The molecular weight excluding hydrogens is 262 g/mol. The Hall–Kier alpha value is -1.57. The van der Waals surface area contributed by atoms with Gasteiger partial charge in [0.2, 0.25) is 5.91 Å². The highest BCUT2D eigenvalue weighted by Gasteiger charge is 2.07. The van der Waals surface area contributed by atoms with Gasteiger partial charge in [0.05, 0.1) is 11.3 Å². The van der Waals surface area contributed by atoms with Gasteiger partial charge in [-0.3, -0.25) is 4.79 Å². The predicted molar refractivity (Wildman–Crippen MR) is 76.9 cm³/mol. The Balaban J connectivity index is 2.44. The highest BCUT2D eigenvalue weighted by atomic mass is 35.5. The summed E-state index contributed by atoms with van der Waals surface area (Å²) < 4.78 is 0. The molecule has 0 aromatic heterocycles. The van der Waals surface area contributed by atoms with Crippen LogP contribution in [0, 0.1) is 11.3 Å². The Bertz CT molecular complexity index is 468. The molecule has 4 nitrogen and oxygen atoms in total. The third-order valence-electron chi connectivity index (χ3n) is 2.73. The van der Waals surface area contributed by atoms with Gasteiger partial charge >= 0.3 is 0 Å². The van der Waals surface area contributed by atoms with Crippen LogP contribution in [0.25, 0.3) is 0 Å². The number of hydrogen-bond acceptors (Lipinski definition) is 3. The molecule has 0 saturated carbocycles. The molecule has 0 bridgehead atoms. The second-order valence-electron chi connectivity index (χ2n) is 4.30. The first-order valence-electron chi connectivity index (χ1n) is 6.37. The van der Waals surface area contributed by atoms with Crippen LogP contribution in [0.5, 0.6) is 0 Å². The van der Waals surface area contributed by atoms with Crippen molar-refractivity contribution in [3.63, 3.8) is 0 Å². The summed E-state index contributed by atoms with van der Waals surface area (Å²) in [5.74, 6) is -0.0912. The minimum Gasteiger partial charge on any atom is -0.330 e. The van der Waals surface area contributed by atoms with E-state index in [0.29, 0.717) is 29.2 Å². The molecule has 1 aromatic rings. The van der Waals surface area contributed by atoms with Crippen molar-refractivity contribution < 1.29 is 4.79 Å². The van der Waals surface area contributed by atoms with Gasteiger partial charge in [0.1, 0.15) is 6.07 Å². The lowest BCUT2D eigenvalue weighted by Gasteiger charge is -2.07. The van der Waals surface area contributed by atoms with E-state index >= 15 is 0 Å². The molecule has 0 heterocycles. The van der Waals surface area contributed by atoms with Crippen LogP contribution in [0.2, 0.25) is 5.02 Å². The van der Waals surface area contributed by atoms with Crippen LogP contribution >= 0.6 is 11.6 Å². The topological polar surface area (TPSA) is 78.9 Å². The zero-order chi connectivity index (χ0) is 14.1. The number of anilines is 1. The smallest absolute Gasteiger partial charge is 0.224 e. The number of carbonyl (C=O) groups is 1. The van der Waals surface area contributed by atoms with Crippen LogP contribution in [0.15, 0.2) is 18.2 Å². The quantitative estimate of drug-likeness (QED) is 0.753. The summed E-state index contributed by atoms with van der Waals surface area (Å²) >= 11 is 5.85. The first kappa shape index (κ1) is 15.5. The van der Waals surface area contributed by atoms with Crippen molar-refractivity contribution in [3.05, 3.63) is 28.8 Å². The Labute approximate surface area is 118 Å². The Morgan fingerprint density at radius 2 is 2.05 bits per heavy atom. The summed E-state index contributed by atoms with van der Waals surface area (Å²) in [4.78, 5) is 11.7. The van der Waals surface area contributed by atoms with Crippen molar-refractivity contribution >= 4 is 23.2 Å². The molecule has 0 aliphatic carbocycles. The second-order valence-corrected chi connectivity index (χ2v) is 4.74. The van der Waals surface area contributed by atoms with Crippen LogP contribution in [-0.2, 0) is 4.79 Å². The largest absolute Gasteiger partial charge is 0.330 e. The van der Waals surface area contributed by atoms with E-state index in [-0.39, 0.29) is 5.91 Å². The van der Waals surface area contributed by atoms with E-state index in [9.17, 15) is 4.79 Å². The number of nitrogens with two attached hydrogens (primary N) is 1. The van der Waals surface area contributed by atoms with Crippen molar-refractivity contribution in [2.75, 3.05) is 11.9 Å². The van der Waals surface area contributed by atoms with Crippen LogP contribution in [0.4, 0.5) is 5.69 Å². The third kappa shape index (κ3) is 5.73. The van der Waals surface area contributed by atoms with Crippen LogP contribution in [0.3, 0.4) is 0 Å². The standard InChI is InChI=1S/C14H18ClN3O/c15-12-7-6-11(10-17)13(9-12)18-14(19)5-3-1-2-4-8-16/h6-7,9H,1-5,8,16H2,(H,18,19). The number of nitrogens with one attached hydrogen (secondary N) is 1. The zero-order valence-corrected chi connectivity index (χ0v) is 11.5. The first-order valence-corrected chi connectivity index (χ1v) is 6.74. The number of benzene rings is 1. The molecular formula is C14H18ClN3O. The van der Waals surface area contributed by atoms with E-state index in [1.54, 1.807) is 18.2 Å². The average molecular weight is 280 g/mol. The van der Waals surface area contributed by atoms with Crippen LogP contribution < -0.4 is 11.1 Å². The average Bonchev–Trinajstić information content (AvgIpc) is 2.39. The second kappa shape index (κ2) is 8.52. The Morgan fingerprint density at radius 3 is 2.74 bits per heavy atom. The van der Waals surface area contributed by atoms with E-state index in [4.69, 9.17) is 22.6 Å². The normalized spacial score (nSPS) is 9.95. The molecule has 0 aliphatic heterocycles. The van der Waals surface area contributed by atoms with Gasteiger partial charge in [0.15, 0.2) is 0 Å². The van der Waals surface area contributed by atoms with E-state index in [0.717, 1.165) is 25.7 Å². The van der Waals surface area contributed by atoms with Gasteiger partial charge in [0.25, 0.3) is 0 Å². The predicted octanol–water partition coefficient (Wildman–Crippen LogP) is 3.06. The molecule has 1 amide bonds. The molecule has 0 spiro atoms. The molecule has 19 heavy (non-hydrogen) atoms. The highest BCUT2D eigenvalue weighted by molar-refractivity contribution is 6.31. The van der Waals surface area contributed by atoms with Crippen molar-refractivity contribution in [1.82, 2.24) is 0 Å². The van der Waals surface area contributed by atoms with Crippen molar-refractivity contribution in [2.24, 2.45) is 5.73 Å². The molecule has 0 unspecified atom stereocenters. The molecule has 5 heteroatoms.